The number of carbonyl (C=O) groups is 2. The molecule has 0 saturated heterocycles. The zero-order chi connectivity index (χ0) is 23.1. The molecule has 0 aliphatic rings. The lowest BCUT2D eigenvalue weighted by Gasteiger charge is -2.20. The van der Waals surface area contributed by atoms with Crippen LogP contribution in [0.2, 0.25) is 0 Å². The highest BCUT2D eigenvalue weighted by molar-refractivity contribution is 7.07. The van der Waals surface area contributed by atoms with Gasteiger partial charge >= 0.3 is 5.97 Å². The van der Waals surface area contributed by atoms with Gasteiger partial charge in [0.05, 0.1) is 6.61 Å². The Kier molecular flexibility index (Phi) is 8.16. The van der Waals surface area contributed by atoms with Crippen molar-refractivity contribution in [1.82, 2.24) is 4.57 Å². The summed E-state index contributed by atoms with van der Waals surface area (Å²) < 4.78 is 6.91. The maximum absolute atomic E-state index is 12.8. The second-order valence-corrected chi connectivity index (χ2v) is 7.95. The van der Waals surface area contributed by atoms with Gasteiger partial charge in [0, 0.05) is 37.1 Å². The van der Waals surface area contributed by atoms with Crippen LogP contribution in [0.15, 0.2) is 29.1 Å². The number of aromatic nitrogens is 1. The molecule has 2 rings (SSSR count). The molecule has 0 aliphatic carbocycles. The third kappa shape index (κ3) is 5.41. The Bertz CT molecular complexity index is 1190. The molecule has 8 nitrogen and oxygen atoms in total. The van der Waals surface area contributed by atoms with Crippen molar-refractivity contribution in [3.63, 3.8) is 0 Å². The monoisotopic (exact) mass is 442 g/mol. The molecule has 0 saturated carbocycles. The van der Waals surface area contributed by atoms with E-state index in [1.807, 2.05) is 38.1 Å². The first kappa shape index (κ1) is 23.9. The summed E-state index contributed by atoms with van der Waals surface area (Å²) in [5, 5.41) is 12.5. The minimum atomic E-state index is -0.751. The van der Waals surface area contributed by atoms with Crippen LogP contribution in [0.3, 0.4) is 0 Å². The van der Waals surface area contributed by atoms with Crippen molar-refractivity contribution < 1.29 is 14.3 Å². The highest BCUT2D eigenvalue weighted by atomic mass is 32.1. The Hall–Kier alpha value is -3.38. The number of amides is 1. The van der Waals surface area contributed by atoms with E-state index in [9.17, 15) is 19.6 Å². The molecule has 164 valence electrons. The number of nitrogens with zero attached hydrogens (tertiary/aromatic N) is 3. The minimum Gasteiger partial charge on any atom is -0.462 e. The number of nitrogens with one attached hydrogen (secondary N) is 1. The lowest BCUT2D eigenvalue weighted by atomic mass is 10.1. The van der Waals surface area contributed by atoms with Crippen LogP contribution in [-0.2, 0) is 20.9 Å². The third-order valence-corrected chi connectivity index (χ3v) is 5.59. The Morgan fingerprint density at radius 3 is 2.65 bits per heavy atom. The minimum absolute atomic E-state index is 0.00612. The van der Waals surface area contributed by atoms with Crippen LogP contribution in [-0.4, -0.2) is 30.1 Å². The molecule has 1 amide bonds. The summed E-state index contributed by atoms with van der Waals surface area (Å²) in [5.41, 5.74) is 0.905. The lowest BCUT2D eigenvalue weighted by Crippen LogP contribution is -2.32. The van der Waals surface area contributed by atoms with E-state index < -0.39 is 5.97 Å². The molecular weight excluding hydrogens is 416 g/mol. The van der Waals surface area contributed by atoms with Gasteiger partial charge in [-0.15, -0.1) is 11.3 Å². The molecule has 31 heavy (non-hydrogen) atoms. The van der Waals surface area contributed by atoms with Gasteiger partial charge in [-0.3, -0.25) is 14.2 Å². The predicted octanol–water partition coefficient (Wildman–Crippen LogP) is 1.64. The molecule has 9 heteroatoms. The number of anilines is 2. The van der Waals surface area contributed by atoms with Gasteiger partial charge < -0.3 is 15.0 Å². The van der Waals surface area contributed by atoms with Crippen LogP contribution in [0, 0.1) is 17.2 Å². The molecule has 0 radical (unpaired) electrons. The Morgan fingerprint density at radius 1 is 1.35 bits per heavy atom. The van der Waals surface area contributed by atoms with Crippen LogP contribution >= 0.6 is 11.3 Å². The standard InChI is InChI=1S/C22H26N4O4S/c1-6-26-20(28)18(31-21(26)17(12-23)22(29)30-7-2)13-24-15-9-8-10-16(11-15)25(5)19(27)14(3)4/h8-11,13-14,24H,6-7H2,1-5H3/b18-13+,21-17-. The molecule has 0 spiro atoms. The maximum Gasteiger partial charge on any atom is 0.351 e. The van der Waals surface area contributed by atoms with Gasteiger partial charge in [-0.2, -0.15) is 5.26 Å². The summed E-state index contributed by atoms with van der Waals surface area (Å²) >= 11 is 1.04. The number of esters is 1. The average Bonchev–Trinajstić information content (AvgIpc) is 3.07. The first-order valence-corrected chi connectivity index (χ1v) is 10.7. The number of carbonyl (C=O) groups excluding carboxylic acids is 2. The first-order valence-electron chi connectivity index (χ1n) is 9.90. The van der Waals surface area contributed by atoms with E-state index in [2.05, 4.69) is 5.32 Å². The van der Waals surface area contributed by atoms with Crippen LogP contribution < -0.4 is 25.0 Å². The van der Waals surface area contributed by atoms with Crippen molar-refractivity contribution in [2.45, 2.75) is 34.2 Å². The Morgan fingerprint density at radius 2 is 2.06 bits per heavy atom. The van der Waals surface area contributed by atoms with Crippen LogP contribution in [0.25, 0.3) is 11.8 Å². The fraction of sp³-hybridized carbons (Fsp3) is 0.364. The molecule has 0 atom stereocenters. The van der Waals surface area contributed by atoms with Crippen molar-refractivity contribution >= 4 is 46.4 Å². The van der Waals surface area contributed by atoms with E-state index in [0.717, 1.165) is 17.0 Å². The molecule has 1 N–H and O–H groups in total. The van der Waals surface area contributed by atoms with Crippen molar-refractivity contribution in [3.8, 4) is 6.07 Å². The zero-order valence-corrected chi connectivity index (χ0v) is 19.1. The van der Waals surface area contributed by atoms with Gasteiger partial charge in [-0.25, -0.2) is 4.79 Å². The van der Waals surface area contributed by atoms with E-state index in [1.165, 1.54) is 10.8 Å². The largest absolute Gasteiger partial charge is 0.462 e. The number of hydrogen-bond acceptors (Lipinski definition) is 7. The van der Waals surface area contributed by atoms with Crippen molar-refractivity contribution in [1.29, 1.82) is 5.26 Å². The molecule has 0 bridgehead atoms. The number of thiazole rings is 1. The van der Waals surface area contributed by atoms with Crippen LogP contribution in [0.1, 0.15) is 27.7 Å². The highest BCUT2D eigenvalue weighted by Gasteiger charge is 2.17. The van der Waals surface area contributed by atoms with Gasteiger partial charge in [-0.1, -0.05) is 19.9 Å². The normalized spacial score (nSPS) is 12.4. The topological polar surface area (TPSA) is 104 Å². The van der Waals surface area contributed by atoms with Crippen LogP contribution in [0.5, 0.6) is 0 Å². The molecule has 0 aliphatic heterocycles. The summed E-state index contributed by atoms with van der Waals surface area (Å²) in [4.78, 5) is 38.7. The summed E-state index contributed by atoms with van der Waals surface area (Å²) in [6.45, 7) is 7.53. The second kappa shape index (κ2) is 10.6. The summed E-state index contributed by atoms with van der Waals surface area (Å²) in [5.74, 6) is -0.887. The smallest absolute Gasteiger partial charge is 0.351 e. The van der Waals surface area contributed by atoms with Gasteiger partial charge in [0.1, 0.15) is 15.3 Å². The number of rotatable bonds is 7. The molecule has 1 aromatic carbocycles. The van der Waals surface area contributed by atoms with E-state index in [-0.39, 0.29) is 34.2 Å². The average molecular weight is 443 g/mol. The molecule has 1 aromatic heterocycles. The van der Waals surface area contributed by atoms with Crippen molar-refractivity contribution in [2.24, 2.45) is 5.92 Å². The van der Waals surface area contributed by atoms with E-state index in [4.69, 9.17) is 4.74 Å². The van der Waals surface area contributed by atoms with E-state index >= 15 is 0 Å². The van der Waals surface area contributed by atoms with Crippen molar-refractivity contribution in [3.05, 3.63) is 43.8 Å². The lowest BCUT2D eigenvalue weighted by molar-refractivity contribution is -0.136. The molecular formula is C22H26N4O4S. The quantitative estimate of drug-likeness (QED) is 0.654. The first-order chi connectivity index (χ1) is 14.7. The summed E-state index contributed by atoms with van der Waals surface area (Å²) in [6, 6.07) is 9.10. The zero-order valence-electron chi connectivity index (χ0n) is 18.3. The van der Waals surface area contributed by atoms with Gasteiger partial charge in [-0.05, 0) is 32.0 Å². The molecule has 0 fully saturated rings. The molecule has 1 heterocycles. The number of hydrogen-bond donors (Lipinski definition) is 1. The highest BCUT2D eigenvalue weighted by Crippen LogP contribution is 2.20. The fourth-order valence-electron chi connectivity index (χ4n) is 2.84. The Balaban J connectivity index is 2.47. The third-order valence-electron chi connectivity index (χ3n) is 4.46. The second-order valence-electron chi connectivity index (χ2n) is 6.92. The number of benzene rings is 1. The molecule has 0 unspecified atom stereocenters. The summed E-state index contributed by atoms with van der Waals surface area (Å²) in [7, 11) is 1.71. The number of nitriles is 1. The van der Waals surface area contributed by atoms with E-state index in [0.29, 0.717) is 16.8 Å². The van der Waals surface area contributed by atoms with Crippen LogP contribution in [0.4, 0.5) is 11.4 Å². The van der Waals surface area contributed by atoms with Gasteiger partial charge in [0.2, 0.25) is 5.91 Å². The summed E-state index contributed by atoms with van der Waals surface area (Å²) in [6.07, 6.45) is 1.53. The molecule has 2 aromatic rings. The van der Waals surface area contributed by atoms with E-state index in [1.54, 1.807) is 31.9 Å². The SMILES string of the molecule is CCOC(=O)/C(C#N)=c1\s/c(=C/Nc2cccc(N(C)C(=O)C(C)C)c2)c(=O)n1CC. The van der Waals surface area contributed by atoms with Crippen molar-refractivity contribution in [2.75, 3.05) is 23.9 Å². The number of ether oxygens (including phenoxy) is 1. The maximum atomic E-state index is 12.8. The fourth-order valence-corrected chi connectivity index (χ4v) is 3.92. The van der Waals surface area contributed by atoms with Gasteiger partial charge in [0.15, 0.2) is 5.57 Å². The Labute approximate surface area is 184 Å². The predicted molar refractivity (Wildman–Crippen MR) is 122 cm³/mol. The van der Waals surface area contributed by atoms with Gasteiger partial charge in [0.25, 0.3) is 5.56 Å².